The third-order valence-electron chi connectivity index (χ3n) is 1.98. The molecule has 0 bridgehead atoms. The predicted octanol–water partition coefficient (Wildman–Crippen LogP) is 1.26. The van der Waals surface area contributed by atoms with Gasteiger partial charge >= 0.3 is 0 Å². The zero-order chi connectivity index (χ0) is 9.54. The summed E-state index contributed by atoms with van der Waals surface area (Å²) in [6.07, 6.45) is 3.85. The topological polar surface area (TPSA) is 47.3 Å². The van der Waals surface area contributed by atoms with E-state index in [9.17, 15) is 4.79 Å². The highest BCUT2D eigenvalue weighted by Crippen LogP contribution is 2.18. The predicted molar refractivity (Wildman–Crippen MR) is 53.8 cm³/mol. The van der Waals surface area contributed by atoms with Crippen LogP contribution in [0.5, 0.6) is 0 Å². The molecule has 14 heavy (non-hydrogen) atoms. The van der Waals surface area contributed by atoms with Gasteiger partial charge in [-0.2, -0.15) is 4.98 Å². The van der Waals surface area contributed by atoms with Crippen LogP contribution in [0.15, 0.2) is 34.7 Å². The first-order chi connectivity index (χ1) is 6.83. The Morgan fingerprint density at radius 1 is 1.29 bits per heavy atom. The van der Waals surface area contributed by atoms with Crippen LogP contribution in [0.4, 0.5) is 0 Å². The molecule has 0 aliphatic carbocycles. The Morgan fingerprint density at radius 3 is 3.14 bits per heavy atom. The van der Waals surface area contributed by atoms with Gasteiger partial charge in [-0.05, 0) is 6.07 Å². The zero-order valence-electron chi connectivity index (χ0n) is 7.04. The summed E-state index contributed by atoms with van der Waals surface area (Å²) in [5.41, 5.74) is 0.631. The Hall–Kier alpha value is -1.75. The maximum absolute atomic E-state index is 11.0. The van der Waals surface area contributed by atoms with E-state index in [0.717, 1.165) is 10.5 Å². The Balaban J connectivity index is 2.52. The molecular formula is C9H5N3OS. The van der Waals surface area contributed by atoms with Crippen molar-refractivity contribution in [2.45, 2.75) is 0 Å². The molecule has 3 heterocycles. The van der Waals surface area contributed by atoms with Crippen LogP contribution in [0.1, 0.15) is 0 Å². The van der Waals surface area contributed by atoms with Gasteiger partial charge in [-0.15, -0.1) is 11.3 Å². The van der Waals surface area contributed by atoms with Crippen LogP contribution in [0.3, 0.4) is 0 Å². The molecule has 0 saturated heterocycles. The molecule has 0 amide bonds. The first-order valence-electron chi connectivity index (χ1n) is 4.06. The molecular weight excluding hydrogens is 198 g/mol. The lowest BCUT2D eigenvalue weighted by atomic mass is 10.2. The lowest BCUT2D eigenvalue weighted by Crippen LogP contribution is -2.07. The fourth-order valence-corrected chi connectivity index (χ4v) is 2.02. The van der Waals surface area contributed by atoms with Crippen molar-refractivity contribution in [1.82, 2.24) is 14.4 Å². The largest absolute Gasteiger partial charge is 0.298 e. The van der Waals surface area contributed by atoms with Gasteiger partial charge in [0.25, 0.3) is 5.56 Å². The Labute approximate surface area is 82.8 Å². The first-order valence-corrected chi connectivity index (χ1v) is 4.94. The summed E-state index contributed by atoms with van der Waals surface area (Å²) in [4.78, 5) is 19.9. The highest BCUT2D eigenvalue weighted by atomic mass is 32.1. The third-order valence-corrected chi connectivity index (χ3v) is 2.75. The van der Waals surface area contributed by atoms with Crippen LogP contribution in [-0.2, 0) is 0 Å². The summed E-state index contributed by atoms with van der Waals surface area (Å²) in [6.45, 7) is 0. The molecule has 0 N–H and O–H groups in total. The van der Waals surface area contributed by atoms with E-state index in [-0.39, 0.29) is 5.56 Å². The highest BCUT2D eigenvalue weighted by molar-refractivity contribution is 7.15. The van der Waals surface area contributed by atoms with Crippen molar-refractivity contribution in [2.75, 3.05) is 0 Å². The third kappa shape index (κ3) is 1.03. The lowest BCUT2D eigenvalue weighted by Gasteiger charge is -2.01. The summed E-state index contributed by atoms with van der Waals surface area (Å²) in [5, 5.41) is 1.94. The molecule has 1 aromatic rings. The van der Waals surface area contributed by atoms with Gasteiger partial charge in [0.05, 0.1) is 0 Å². The van der Waals surface area contributed by atoms with Gasteiger partial charge in [0.2, 0.25) is 0 Å². The standard InChI is InChI=1S/C9H5N3OS/c13-7-2-1-6-5-12-3-4-14-9(12)11-8(6)10-7/h1-5H. The van der Waals surface area contributed by atoms with E-state index in [0.29, 0.717) is 5.82 Å². The summed E-state index contributed by atoms with van der Waals surface area (Å²) >= 11 is 1.52. The van der Waals surface area contributed by atoms with Crippen molar-refractivity contribution in [1.29, 1.82) is 0 Å². The molecule has 0 fully saturated rings. The van der Waals surface area contributed by atoms with Crippen molar-refractivity contribution in [2.24, 2.45) is 0 Å². The van der Waals surface area contributed by atoms with Gasteiger partial charge in [-0.3, -0.25) is 9.20 Å². The van der Waals surface area contributed by atoms with Crippen molar-refractivity contribution in [3.05, 3.63) is 40.3 Å². The normalized spacial score (nSPS) is 11.1. The molecule has 5 heteroatoms. The minimum Gasteiger partial charge on any atom is -0.298 e. The summed E-state index contributed by atoms with van der Waals surface area (Å²) in [5.74, 6) is 0.514. The van der Waals surface area contributed by atoms with E-state index < -0.39 is 0 Å². The average molecular weight is 203 g/mol. The quantitative estimate of drug-likeness (QED) is 0.552. The van der Waals surface area contributed by atoms with Gasteiger partial charge in [0.1, 0.15) is 0 Å². The second-order valence-corrected chi connectivity index (χ2v) is 3.77. The van der Waals surface area contributed by atoms with Crippen LogP contribution in [0, 0.1) is 0 Å². The van der Waals surface area contributed by atoms with Crippen LogP contribution in [0.2, 0.25) is 0 Å². The smallest absolute Gasteiger partial charge is 0.271 e. The number of thiazole rings is 1. The van der Waals surface area contributed by atoms with E-state index in [1.165, 1.54) is 17.4 Å². The number of pyridine rings is 1. The van der Waals surface area contributed by atoms with Gasteiger partial charge in [-0.1, -0.05) is 0 Å². The van der Waals surface area contributed by atoms with Crippen LogP contribution in [-0.4, -0.2) is 14.4 Å². The van der Waals surface area contributed by atoms with E-state index in [2.05, 4.69) is 9.97 Å². The molecule has 3 rings (SSSR count). The molecule has 4 nitrogen and oxygen atoms in total. The number of fused-ring (bicyclic) bond motifs is 2. The van der Waals surface area contributed by atoms with Crippen molar-refractivity contribution in [3.8, 4) is 11.4 Å². The second-order valence-electron chi connectivity index (χ2n) is 2.90. The number of aromatic nitrogens is 3. The van der Waals surface area contributed by atoms with E-state index in [1.54, 1.807) is 6.07 Å². The maximum atomic E-state index is 11.0. The fraction of sp³-hybridized carbons (Fsp3) is 0. The van der Waals surface area contributed by atoms with Gasteiger partial charge in [0.15, 0.2) is 10.8 Å². The van der Waals surface area contributed by atoms with Gasteiger partial charge in [0, 0.05) is 29.4 Å². The first kappa shape index (κ1) is 7.64. The number of hydrogen-bond acceptors (Lipinski definition) is 4. The van der Waals surface area contributed by atoms with Crippen LogP contribution >= 0.6 is 11.3 Å². The average Bonchev–Trinajstić information content (AvgIpc) is 2.61. The number of nitrogens with zero attached hydrogens (tertiary/aromatic N) is 3. The Morgan fingerprint density at radius 2 is 2.21 bits per heavy atom. The van der Waals surface area contributed by atoms with E-state index >= 15 is 0 Å². The van der Waals surface area contributed by atoms with Crippen LogP contribution < -0.4 is 5.56 Å². The molecule has 0 radical (unpaired) electrons. The summed E-state index contributed by atoms with van der Waals surface area (Å²) in [6, 6.07) is 3.19. The fourth-order valence-electron chi connectivity index (χ4n) is 1.34. The van der Waals surface area contributed by atoms with Gasteiger partial charge in [-0.25, -0.2) is 4.98 Å². The molecule has 0 aromatic carbocycles. The minimum absolute atomic E-state index is 0.245. The summed E-state index contributed by atoms with van der Waals surface area (Å²) in [7, 11) is 0. The van der Waals surface area contributed by atoms with Crippen molar-refractivity contribution >= 4 is 16.3 Å². The molecule has 0 saturated carbocycles. The minimum atomic E-state index is -0.245. The Bertz CT molecular complexity index is 627. The zero-order valence-corrected chi connectivity index (χ0v) is 7.86. The molecule has 0 spiro atoms. The van der Waals surface area contributed by atoms with Crippen LogP contribution in [0.25, 0.3) is 16.3 Å². The Kier molecular flexibility index (Phi) is 1.43. The molecule has 0 unspecified atom stereocenters. The molecule has 1 aromatic heterocycles. The van der Waals surface area contributed by atoms with Gasteiger partial charge < -0.3 is 0 Å². The highest BCUT2D eigenvalue weighted by Gasteiger charge is 2.06. The van der Waals surface area contributed by atoms with E-state index in [4.69, 9.17) is 0 Å². The van der Waals surface area contributed by atoms with E-state index in [1.807, 2.05) is 22.2 Å². The second kappa shape index (κ2) is 2.62. The molecule has 2 aliphatic rings. The molecule has 2 aliphatic heterocycles. The maximum Gasteiger partial charge on any atom is 0.271 e. The van der Waals surface area contributed by atoms with Crippen molar-refractivity contribution < 1.29 is 0 Å². The number of rotatable bonds is 0. The molecule has 68 valence electrons. The molecule has 0 atom stereocenters. The summed E-state index contributed by atoms with van der Waals surface area (Å²) < 4.78 is 1.92. The lowest BCUT2D eigenvalue weighted by molar-refractivity contribution is 1.08. The number of hydrogen-bond donors (Lipinski definition) is 0. The van der Waals surface area contributed by atoms with Crippen molar-refractivity contribution in [3.63, 3.8) is 0 Å². The monoisotopic (exact) mass is 203 g/mol. The SMILES string of the molecule is O=c1ccc2cn3ccsc3nc-2n1.